The summed E-state index contributed by atoms with van der Waals surface area (Å²) in [6.45, 7) is 4.33. The predicted molar refractivity (Wildman–Crippen MR) is 79.9 cm³/mol. The molecule has 0 unspecified atom stereocenters. The van der Waals surface area contributed by atoms with Crippen LogP contribution in [0.5, 0.6) is 0 Å². The fourth-order valence-corrected chi connectivity index (χ4v) is 2.17. The van der Waals surface area contributed by atoms with Crippen molar-refractivity contribution in [2.45, 2.75) is 26.2 Å². The van der Waals surface area contributed by atoms with Crippen molar-refractivity contribution in [3.05, 3.63) is 28.2 Å². The highest BCUT2D eigenvalue weighted by molar-refractivity contribution is 9.10. The van der Waals surface area contributed by atoms with Gasteiger partial charge < -0.3 is 15.2 Å². The van der Waals surface area contributed by atoms with Gasteiger partial charge in [0.05, 0.1) is 5.56 Å². The van der Waals surface area contributed by atoms with Gasteiger partial charge in [0, 0.05) is 29.9 Å². The van der Waals surface area contributed by atoms with E-state index in [1.54, 1.807) is 12.1 Å². The second-order valence-electron chi connectivity index (χ2n) is 4.21. The lowest BCUT2D eigenvalue weighted by atomic mass is 10.2. The van der Waals surface area contributed by atoms with Crippen molar-refractivity contribution in [2.24, 2.45) is 0 Å². The van der Waals surface area contributed by atoms with Gasteiger partial charge in [-0.1, -0.05) is 19.4 Å². The van der Waals surface area contributed by atoms with E-state index in [4.69, 9.17) is 9.84 Å². The van der Waals surface area contributed by atoms with Gasteiger partial charge in [0.1, 0.15) is 0 Å². The van der Waals surface area contributed by atoms with E-state index in [1.165, 1.54) is 0 Å². The summed E-state index contributed by atoms with van der Waals surface area (Å²) < 4.78 is 6.04. The molecule has 0 aliphatic rings. The molecule has 1 aromatic carbocycles. The normalized spacial score (nSPS) is 10.4. The van der Waals surface area contributed by atoms with Crippen molar-refractivity contribution in [3.63, 3.8) is 0 Å². The number of aromatic carboxylic acids is 1. The van der Waals surface area contributed by atoms with Crippen LogP contribution in [0.1, 0.15) is 36.5 Å². The number of rotatable bonds is 9. The topological polar surface area (TPSA) is 58.6 Å². The molecule has 0 bridgehead atoms. The average Bonchev–Trinajstić information content (AvgIpc) is 2.37. The van der Waals surface area contributed by atoms with Crippen molar-refractivity contribution in [1.29, 1.82) is 0 Å². The smallest absolute Gasteiger partial charge is 0.338 e. The highest BCUT2D eigenvalue weighted by atomic mass is 79.9. The van der Waals surface area contributed by atoms with Gasteiger partial charge in [-0.2, -0.15) is 0 Å². The Morgan fingerprint density at radius 3 is 2.79 bits per heavy atom. The summed E-state index contributed by atoms with van der Waals surface area (Å²) in [4.78, 5) is 11.2. The second kappa shape index (κ2) is 8.93. The van der Waals surface area contributed by atoms with Crippen LogP contribution in [0.4, 0.5) is 5.69 Å². The maximum Gasteiger partial charge on any atom is 0.338 e. The fourth-order valence-electron chi connectivity index (χ4n) is 1.63. The predicted octanol–water partition coefficient (Wildman–Crippen LogP) is 3.77. The van der Waals surface area contributed by atoms with Crippen LogP contribution in [0.3, 0.4) is 0 Å². The van der Waals surface area contributed by atoms with Crippen LogP contribution in [-0.4, -0.2) is 30.8 Å². The number of unbranched alkanes of at least 4 members (excludes halogenated alkanes) is 1. The number of nitrogens with one attached hydrogen (secondary N) is 1. The molecule has 2 N–H and O–H groups in total. The minimum Gasteiger partial charge on any atom is -0.478 e. The van der Waals surface area contributed by atoms with E-state index in [2.05, 4.69) is 28.2 Å². The van der Waals surface area contributed by atoms with Crippen molar-refractivity contribution in [3.8, 4) is 0 Å². The summed E-state index contributed by atoms with van der Waals surface area (Å²) in [7, 11) is 0. The van der Waals surface area contributed by atoms with Crippen LogP contribution in [0.2, 0.25) is 0 Å². The molecule has 0 amide bonds. The van der Waals surface area contributed by atoms with E-state index in [9.17, 15) is 4.79 Å². The Hall–Kier alpha value is -1.07. The minimum atomic E-state index is -0.936. The lowest BCUT2D eigenvalue weighted by Crippen LogP contribution is -2.10. The zero-order valence-corrected chi connectivity index (χ0v) is 12.7. The molecule has 0 atom stereocenters. The number of ether oxygens (including phenoxy) is 1. The number of anilines is 1. The number of carbonyl (C=O) groups is 1. The quantitative estimate of drug-likeness (QED) is 0.677. The minimum absolute atomic E-state index is 0.273. The first-order valence-electron chi connectivity index (χ1n) is 6.50. The molecule has 0 radical (unpaired) electrons. The molecule has 0 aliphatic carbocycles. The van der Waals surface area contributed by atoms with Gasteiger partial charge in [0.2, 0.25) is 0 Å². The number of hydrogen-bond donors (Lipinski definition) is 2. The van der Waals surface area contributed by atoms with E-state index >= 15 is 0 Å². The maximum absolute atomic E-state index is 11.2. The molecule has 0 aromatic heterocycles. The lowest BCUT2D eigenvalue weighted by molar-refractivity contribution is 0.0697. The van der Waals surface area contributed by atoms with Crippen LogP contribution in [0, 0.1) is 0 Å². The van der Waals surface area contributed by atoms with Gasteiger partial charge in [-0.15, -0.1) is 0 Å². The highest BCUT2D eigenvalue weighted by Gasteiger charge is 2.13. The number of halogens is 1. The first-order valence-corrected chi connectivity index (χ1v) is 7.29. The van der Waals surface area contributed by atoms with Crippen LogP contribution in [0.15, 0.2) is 22.7 Å². The first kappa shape index (κ1) is 16.0. The summed E-state index contributed by atoms with van der Waals surface area (Å²) in [6.07, 6.45) is 3.08. The molecule has 1 aromatic rings. The third-order valence-corrected chi connectivity index (χ3v) is 3.31. The van der Waals surface area contributed by atoms with E-state index in [-0.39, 0.29) is 5.56 Å². The molecule has 0 fully saturated rings. The van der Waals surface area contributed by atoms with Gasteiger partial charge in [0.25, 0.3) is 0 Å². The molecule has 5 heteroatoms. The van der Waals surface area contributed by atoms with Crippen molar-refractivity contribution >= 4 is 27.6 Å². The summed E-state index contributed by atoms with van der Waals surface area (Å²) in [5.41, 5.74) is 0.907. The Bertz CT molecular complexity index is 410. The highest BCUT2D eigenvalue weighted by Crippen LogP contribution is 2.24. The molecule has 0 saturated carbocycles. The molecule has 0 aliphatic heterocycles. The van der Waals surface area contributed by atoms with E-state index in [0.717, 1.165) is 25.9 Å². The number of benzene rings is 1. The van der Waals surface area contributed by atoms with Crippen LogP contribution in [0.25, 0.3) is 0 Å². The first-order chi connectivity index (χ1) is 9.16. The number of hydrogen-bond acceptors (Lipinski definition) is 3. The molecule has 106 valence electrons. The molecular formula is C14H20BrNO3. The standard InChI is InChI=1S/C14H20BrNO3/c1-2-3-9-19-10-5-8-16-12-7-4-6-11(15)13(12)14(17)18/h4,6-7,16H,2-3,5,8-10H2,1H3,(H,17,18). The molecule has 0 spiro atoms. The Balaban J connectivity index is 2.37. The second-order valence-corrected chi connectivity index (χ2v) is 5.07. The fraction of sp³-hybridized carbons (Fsp3) is 0.500. The van der Waals surface area contributed by atoms with Gasteiger partial charge in [-0.25, -0.2) is 4.79 Å². The SMILES string of the molecule is CCCCOCCCNc1cccc(Br)c1C(=O)O. The van der Waals surface area contributed by atoms with Crippen molar-refractivity contribution in [1.82, 2.24) is 0 Å². The van der Waals surface area contributed by atoms with Crippen molar-refractivity contribution < 1.29 is 14.6 Å². The molecule has 0 saturated heterocycles. The lowest BCUT2D eigenvalue weighted by Gasteiger charge is -2.11. The van der Waals surface area contributed by atoms with Crippen LogP contribution < -0.4 is 5.32 Å². The van der Waals surface area contributed by atoms with E-state index < -0.39 is 5.97 Å². The summed E-state index contributed by atoms with van der Waals surface area (Å²) >= 11 is 3.25. The summed E-state index contributed by atoms with van der Waals surface area (Å²) in [5.74, 6) is -0.936. The van der Waals surface area contributed by atoms with Crippen LogP contribution >= 0.6 is 15.9 Å². The number of carboxylic acid groups (broad SMARTS) is 1. The largest absolute Gasteiger partial charge is 0.478 e. The van der Waals surface area contributed by atoms with Gasteiger partial charge in [-0.3, -0.25) is 0 Å². The Morgan fingerprint density at radius 2 is 2.11 bits per heavy atom. The monoisotopic (exact) mass is 329 g/mol. The van der Waals surface area contributed by atoms with E-state index in [0.29, 0.717) is 23.3 Å². The summed E-state index contributed by atoms with van der Waals surface area (Å²) in [6, 6.07) is 5.31. The summed E-state index contributed by atoms with van der Waals surface area (Å²) in [5, 5.41) is 12.3. The number of carboxylic acids is 1. The zero-order valence-electron chi connectivity index (χ0n) is 11.1. The van der Waals surface area contributed by atoms with Gasteiger partial charge >= 0.3 is 5.97 Å². The molecule has 1 rings (SSSR count). The van der Waals surface area contributed by atoms with E-state index in [1.807, 2.05) is 6.07 Å². The zero-order chi connectivity index (χ0) is 14.1. The third kappa shape index (κ3) is 5.61. The van der Waals surface area contributed by atoms with Crippen molar-refractivity contribution in [2.75, 3.05) is 25.1 Å². The Kier molecular flexibility index (Phi) is 7.52. The van der Waals surface area contributed by atoms with Gasteiger partial charge in [-0.05, 0) is 40.9 Å². The molecule has 19 heavy (non-hydrogen) atoms. The van der Waals surface area contributed by atoms with Gasteiger partial charge in [0.15, 0.2) is 0 Å². The molecule has 0 heterocycles. The Labute approximate surface area is 122 Å². The average molecular weight is 330 g/mol. The molecule has 4 nitrogen and oxygen atoms in total. The Morgan fingerprint density at radius 1 is 1.37 bits per heavy atom. The third-order valence-electron chi connectivity index (χ3n) is 2.65. The van der Waals surface area contributed by atoms with Crippen LogP contribution in [-0.2, 0) is 4.74 Å². The maximum atomic E-state index is 11.2. The molecular weight excluding hydrogens is 310 g/mol.